The van der Waals surface area contributed by atoms with Crippen molar-refractivity contribution in [1.29, 1.82) is 5.26 Å². The number of imidazole rings is 1. The number of nitriles is 1. The second kappa shape index (κ2) is 10.2. The summed E-state index contributed by atoms with van der Waals surface area (Å²) in [7, 11) is 0. The van der Waals surface area contributed by atoms with Crippen LogP contribution in [-0.4, -0.2) is 70.4 Å². The predicted molar refractivity (Wildman–Crippen MR) is 144 cm³/mol. The van der Waals surface area contributed by atoms with Crippen molar-refractivity contribution >= 4 is 11.6 Å². The number of nitrogens with one attached hydrogen (secondary N) is 1. The molecular weight excluding hydrogens is 460 g/mol. The van der Waals surface area contributed by atoms with Crippen LogP contribution in [0.5, 0.6) is 0 Å². The molecule has 7 nitrogen and oxygen atoms in total. The highest BCUT2D eigenvalue weighted by Crippen LogP contribution is 2.26. The van der Waals surface area contributed by atoms with E-state index in [4.69, 9.17) is 5.26 Å². The van der Waals surface area contributed by atoms with Gasteiger partial charge in [-0.25, -0.2) is 4.98 Å². The fourth-order valence-electron chi connectivity index (χ4n) is 5.55. The summed E-state index contributed by atoms with van der Waals surface area (Å²) in [6.07, 6.45) is 6.04. The third-order valence-corrected chi connectivity index (χ3v) is 7.70. The number of piperazine rings is 1. The maximum atomic E-state index is 13.2. The van der Waals surface area contributed by atoms with E-state index in [9.17, 15) is 4.79 Å². The summed E-state index contributed by atoms with van der Waals surface area (Å²) in [5.74, 6) is 0.124. The molecule has 0 spiro atoms. The van der Waals surface area contributed by atoms with Crippen LogP contribution in [-0.2, 0) is 0 Å². The molecule has 2 aliphatic rings. The molecule has 4 heterocycles. The Bertz CT molecular complexity index is 1440. The highest BCUT2D eigenvalue weighted by Gasteiger charge is 2.28. The van der Waals surface area contributed by atoms with Crippen LogP contribution in [0.3, 0.4) is 0 Å². The number of pyridine rings is 1. The fourth-order valence-corrected chi connectivity index (χ4v) is 5.55. The van der Waals surface area contributed by atoms with Crippen LogP contribution in [0.15, 0.2) is 73.1 Å². The summed E-state index contributed by atoms with van der Waals surface area (Å²) in [4.78, 5) is 22.3. The Morgan fingerprint density at radius 1 is 0.865 bits per heavy atom. The van der Waals surface area contributed by atoms with Crippen LogP contribution in [0.2, 0.25) is 0 Å². The molecule has 37 heavy (non-hydrogen) atoms. The van der Waals surface area contributed by atoms with Crippen LogP contribution in [0.1, 0.15) is 28.8 Å². The molecule has 0 unspecified atom stereocenters. The minimum atomic E-state index is 0.124. The number of carbonyl (C=O) groups excluding carboxylic acids is 1. The molecule has 2 aromatic carbocycles. The fraction of sp³-hybridized carbons (Fsp3) is 0.300. The van der Waals surface area contributed by atoms with Crippen LogP contribution in [0.25, 0.3) is 28.0 Å². The summed E-state index contributed by atoms with van der Waals surface area (Å²) in [5, 5.41) is 12.5. The molecule has 0 bridgehead atoms. The Kier molecular flexibility index (Phi) is 6.44. The molecule has 2 saturated heterocycles. The lowest BCUT2D eigenvalue weighted by molar-refractivity contribution is 0.0601. The van der Waals surface area contributed by atoms with Gasteiger partial charge in [0.2, 0.25) is 0 Å². The number of rotatable bonds is 4. The zero-order valence-electron chi connectivity index (χ0n) is 20.8. The second-order valence-corrected chi connectivity index (χ2v) is 9.87. The first-order chi connectivity index (χ1) is 18.2. The smallest absolute Gasteiger partial charge is 0.253 e. The van der Waals surface area contributed by atoms with E-state index in [1.807, 2.05) is 65.7 Å². The monoisotopic (exact) mass is 490 g/mol. The van der Waals surface area contributed by atoms with E-state index in [-0.39, 0.29) is 5.91 Å². The molecule has 2 aromatic heterocycles. The van der Waals surface area contributed by atoms with E-state index in [1.165, 1.54) is 0 Å². The molecule has 1 N–H and O–H groups in total. The van der Waals surface area contributed by atoms with Crippen molar-refractivity contribution in [3.8, 4) is 28.5 Å². The first kappa shape index (κ1) is 23.4. The van der Waals surface area contributed by atoms with Gasteiger partial charge < -0.3 is 10.2 Å². The average molecular weight is 491 g/mol. The van der Waals surface area contributed by atoms with Crippen molar-refractivity contribution in [1.82, 2.24) is 24.5 Å². The highest BCUT2D eigenvalue weighted by molar-refractivity contribution is 5.94. The largest absolute Gasteiger partial charge is 0.339 e. The van der Waals surface area contributed by atoms with Crippen LogP contribution < -0.4 is 5.32 Å². The predicted octanol–water partition coefficient (Wildman–Crippen LogP) is 4.05. The van der Waals surface area contributed by atoms with Crippen molar-refractivity contribution in [2.24, 2.45) is 0 Å². The molecule has 0 saturated carbocycles. The molecule has 2 fully saturated rings. The topological polar surface area (TPSA) is 76.7 Å². The van der Waals surface area contributed by atoms with Crippen molar-refractivity contribution in [2.45, 2.75) is 18.9 Å². The zero-order valence-corrected chi connectivity index (χ0v) is 20.8. The molecular formula is C30H30N6O. The number of carbonyl (C=O) groups is 1. The Balaban J connectivity index is 1.16. The van der Waals surface area contributed by atoms with Gasteiger partial charge in [-0.15, -0.1) is 0 Å². The van der Waals surface area contributed by atoms with Gasteiger partial charge >= 0.3 is 0 Å². The molecule has 0 atom stereocenters. The summed E-state index contributed by atoms with van der Waals surface area (Å²) < 4.78 is 2.07. The number of aromatic nitrogens is 2. The third-order valence-electron chi connectivity index (χ3n) is 7.70. The zero-order chi connectivity index (χ0) is 25.2. The maximum Gasteiger partial charge on any atom is 0.253 e. The molecule has 1 amide bonds. The highest BCUT2D eigenvalue weighted by atomic mass is 16.2. The van der Waals surface area contributed by atoms with E-state index in [0.29, 0.717) is 11.6 Å². The molecule has 0 aliphatic carbocycles. The van der Waals surface area contributed by atoms with Gasteiger partial charge in [0.1, 0.15) is 5.65 Å². The molecule has 4 aromatic rings. The number of piperidine rings is 1. The van der Waals surface area contributed by atoms with Gasteiger partial charge in [-0.2, -0.15) is 5.26 Å². The van der Waals surface area contributed by atoms with Gasteiger partial charge in [0.15, 0.2) is 0 Å². The Hall–Kier alpha value is -3.99. The van der Waals surface area contributed by atoms with E-state index < -0.39 is 0 Å². The molecule has 2 aliphatic heterocycles. The Morgan fingerprint density at radius 2 is 1.54 bits per heavy atom. The number of hydrogen-bond donors (Lipinski definition) is 1. The lowest BCUT2D eigenvalue weighted by Gasteiger charge is -2.40. The van der Waals surface area contributed by atoms with Gasteiger partial charge in [-0.1, -0.05) is 24.3 Å². The van der Waals surface area contributed by atoms with Crippen molar-refractivity contribution < 1.29 is 4.79 Å². The van der Waals surface area contributed by atoms with E-state index in [0.717, 1.165) is 85.7 Å². The number of nitrogens with zero attached hydrogens (tertiary/aromatic N) is 5. The van der Waals surface area contributed by atoms with Crippen molar-refractivity contribution in [2.75, 3.05) is 39.3 Å². The first-order valence-corrected chi connectivity index (χ1v) is 13.0. The van der Waals surface area contributed by atoms with Gasteiger partial charge in [0.05, 0.1) is 23.5 Å². The van der Waals surface area contributed by atoms with Crippen LogP contribution in [0, 0.1) is 11.3 Å². The third kappa shape index (κ3) is 4.74. The number of benzene rings is 2. The molecule has 7 heteroatoms. The summed E-state index contributed by atoms with van der Waals surface area (Å²) >= 11 is 0. The molecule has 0 radical (unpaired) electrons. The SMILES string of the molecule is N#Cc1ccc(-c2cnc3ccc(-c4ccc(C(=O)N5CCC(N6CCNCC6)CC5)cc4)cn23)cc1. The number of fused-ring (bicyclic) bond motifs is 1. The number of hydrogen-bond acceptors (Lipinski definition) is 5. The second-order valence-electron chi connectivity index (χ2n) is 9.87. The van der Waals surface area contributed by atoms with Crippen molar-refractivity contribution in [3.63, 3.8) is 0 Å². The van der Waals surface area contributed by atoms with Gasteiger partial charge in [0, 0.05) is 62.6 Å². The maximum absolute atomic E-state index is 13.2. The molecule has 6 rings (SSSR count). The lowest BCUT2D eigenvalue weighted by Crippen LogP contribution is -2.52. The minimum absolute atomic E-state index is 0.124. The van der Waals surface area contributed by atoms with E-state index in [2.05, 4.69) is 37.9 Å². The van der Waals surface area contributed by atoms with Crippen LogP contribution in [0.4, 0.5) is 0 Å². The summed E-state index contributed by atoms with van der Waals surface area (Å²) in [6, 6.07) is 22.3. The first-order valence-electron chi connectivity index (χ1n) is 13.0. The van der Waals surface area contributed by atoms with Gasteiger partial charge in [-0.05, 0) is 60.4 Å². The summed E-state index contributed by atoms with van der Waals surface area (Å²) in [6.45, 7) is 6.00. The van der Waals surface area contributed by atoms with Crippen LogP contribution >= 0.6 is 0 Å². The van der Waals surface area contributed by atoms with E-state index >= 15 is 0 Å². The number of likely N-dealkylation sites (tertiary alicyclic amines) is 1. The quantitative estimate of drug-likeness (QED) is 0.467. The Labute approximate surface area is 217 Å². The molecule has 186 valence electrons. The minimum Gasteiger partial charge on any atom is -0.339 e. The van der Waals surface area contributed by atoms with Crippen molar-refractivity contribution in [3.05, 3.63) is 84.2 Å². The Morgan fingerprint density at radius 3 is 2.24 bits per heavy atom. The van der Waals surface area contributed by atoms with E-state index in [1.54, 1.807) is 0 Å². The summed E-state index contributed by atoms with van der Waals surface area (Å²) in [5.41, 5.74) is 6.32. The number of amides is 1. The lowest BCUT2D eigenvalue weighted by atomic mass is 10.0. The van der Waals surface area contributed by atoms with Gasteiger partial charge in [-0.3, -0.25) is 14.1 Å². The van der Waals surface area contributed by atoms with Gasteiger partial charge in [0.25, 0.3) is 5.91 Å². The average Bonchev–Trinajstić information content (AvgIpc) is 3.41. The normalized spacial score (nSPS) is 17.1. The standard InChI is InChI=1S/C30H30N6O/c31-19-22-1-3-24(4-2-22)28-20-33-29-10-9-26(21-36(28)29)23-5-7-25(8-6-23)30(37)35-15-11-27(12-16-35)34-17-13-32-14-18-34/h1-10,20-21,27,32H,11-18H2.